The Bertz CT molecular complexity index is 498. The fourth-order valence-corrected chi connectivity index (χ4v) is 2.73. The molecule has 0 saturated carbocycles. The average molecular weight is 255 g/mol. The highest BCUT2D eigenvalue weighted by Gasteiger charge is 2.22. The molecule has 1 atom stereocenters. The quantitative estimate of drug-likeness (QED) is 0.817. The number of rotatable bonds is 3. The Labute approximate surface area is 102 Å². The monoisotopic (exact) mass is 255 g/mol. The van der Waals surface area contributed by atoms with E-state index in [1.807, 2.05) is 6.07 Å². The summed E-state index contributed by atoms with van der Waals surface area (Å²) in [6, 6.07) is 7.08. The number of hydrogen-bond acceptors (Lipinski definition) is 4. The molecule has 1 saturated heterocycles. The molecule has 17 heavy (non-hydrogen) atoms. The maximum Gasteiger partial charge on any atom is 0.175 e. The first-order valence-corrected chi connectivity index (χ1v) is 7.47. The Kier molecular flexibility index (Phi) is 3.40. The Morgan fingerprint density at radius 1 is 1.41 bits per heavy atom. The summed E-state index contributed by atoms with van der Waals surface area (Å²) < 4.78 is 28.3. The van der Waals surface area contributed by atoms with E-state index in [2.05, 4.69) is 4.90 Å². The standard InChI is InChI=1S/C12H17NO3S/c1-16-11-6-7-13(9-11)10-4-3-5-12(8-10)17(2,14)15/h3-5,8,11H,6-7,9H2,1-2H3. The van der Waals surface area contributed by atoms with E-state index < -0.39 is 9.84 Å². The maximum atomic E-state index is 11.5. The van der Waals surface area contributed by atoms with Gasteiger partial charge >= 0.3 is 0 Å². The van der Waals surface area contributed by atoms with Gasteiger partial charge in [0.2, 0.25) is 0 Å². The summed E-state index contributed by atoms with van der Waals surface area (Å²) in [7, 11) is -1.42. The van der Waals surface area contributed by atoms with Crippen LogP contribution in [0.1, 0.15) is 6.42 Å². The highest BCUT2D eigenvalue weighted by Crippen LogP contribution is 2.24. The van der Waals surface area contributed by atoms with Crippen LogP contribution in [0.2, 0.25) is 0 Å². The second kappa shape index (κ2) is 4.66. The Balaban J connectivity index is 2.23. The molecule has 1 heterocycles. The topological polar surface area (TPSA) is 46.6 Å². The first-order valence-electron chi connectivity index (χ1n) is 5.58. The van der Waals surface area contributed by atoms with Crippen molar-refractivity contribution in [2.75, 3.05) is 31.4 Å². The van der Waals surface area contributed by atoms with Gasteiger partial charge < -0.3 is 9.64 Å². The summed E-state index contributed by atoms with van der Waals surface area (Å²) in [5.74, 6) is 0. The van der Waals surface area contributed by atoms with Gasteiger partial charge in [-0.15, -0.1) is 0 Å². The van der Waals surface area contributed by atoms with Crippen molar-refractivity contribution < 1.29 is 13.2 Å². The van der Waals surface area contributed by atoms with Crippen LogP contribution in [-0.2, 0) is 14.6 Å². The lowest BCUT2D eigenvalue weighted by molar-refractivity contribution is 0.121. The third kappa shape index (κ3) is 2.79. The minimum absolute atomic E-state index is 0.247. The molecule has 0 N–H and O–H groups in total. The van der Waals surface area contributed by atoms with Crippen LogP contribution < -0.4 is 4.90 Å². The lowest BCUT2D eigenvalue weighted by atomic mass is 10.3. The highest BCUT2D eigenvalue weighted by molar-refractivity contribution is 7.90. The van der Waals surface area contributed by atoms with Crippen molar-refractivity contribution in [3.8, 4) is 0 Å². The zero-order valence-electron chi connectivity index (χ0n) is 10.1. The Morgan fingerprint density at radius 3 is 2.76 bits per heavy atom. The summed E-state index contributed by atoms with van der Waals surface area (Å²) in [5, 5.41) is 0. The van der Waals surface area contributed by atoms with E-state index in [0.29, 0.717) is 4.90 Å². The minimum atomic E-state index is -3.13. The zero-order chi connectivity index (χ0) is 12.5. The first-order chi connectivity index (χ1) is 8.00. The van der Waals surface area contributed by atoms with Crippen LogP contribution in [0.4, 0.5) is 5.69 Å². The molecule has 1 aliphatic heterocycles. The number of nitrogens with zero attached hydrogens (tertiary/aromatic N) is 1. The van der Waals surface area contributed by atoms with Crippen molar-refractivity contribution in [2.24, 2.45) is 0 Å². The molecule has 94 valence electrons. The third-order valence-corrected chi connectivity index (χ3v) is 4.20. The summed E-state index contributed by atoms with van der Waals surface area (Å²) in [5.41, 5.74) is 0.951. The van der Waals surface area contributed by atoms with Crippen LogP contribution in [0.5, 0.6) is 0 Å². The molecule has 0 aliphatic carbocycles. The van der Waals surface area contributed by atoms with Crippen molar-refractivity contribution in [3.05, 3.63) is 24.3 Å². The van der Waals surface area contributed by atoms with Crippen molar-refractivity contribution >= 4 is 15.5 Å². The van der Waals surface area contributed by atoms with Gasteiger partial charge in [-0.3, -0.25) is 0 Å². The van der Waals surface area contributed by atoms with Crippen LogP contribution in [0.25, 0.3) is 0 Å². The average Bonchev–Trinajstić information content (AvgIpc) is 2.76. The fraction of sp³-hybridized carbons (Fsp3) is 0.500. The van der Waals surface area contributed by atoms with E-state index in [0.717, 1.165) is 25.2 Å². The van der Waals surface area contributed by atoms with E-state index in [4.69, 9.17) is 4.74 Å². The molecule has 1 aromatic rings. The molecule has 0 radical (unpaired) electrons. The molecular weight excluding hydrogens is 238 g/mol. The van der Waals surface area contributed by atoms with Crippen LogP contribution in [-0.4, -0.2) is 41.0 Å². The molecule has 0 bridgehead atoms. The predicted molar refractivity (Wildman–Crippen MR) is 67.2 cm³/mol. The van der Waals surface area contributed by atoms with Crippen molar-refractivity contribution in [1.29, 1.82) is 0 Å². The number of benzene rings is 1. The van der Waals surface area contributed by atoms with E-state index in [1.54, 1.807) is 25.3 Å². The summed E-state index contributed by atoms with van der Waals surface area (Å²) >= 11 is 0. The number of sulfone groups is 1. The molecule has 1 unspecified atom stereocenters. The molecule has 0 amide bonds. The number of hydrogen-bond donors (Lipinski definition) is 0. The lowest BCUT2D eigenvalue weighted by Gasteiger charge is -2.18. The van der Waals surface area contributed by atoms with Crippen LogP contribution >= 0.6 is 0 Å². The molecule has 1 aromatic carbocycles. The van der Waals surface area contributed by atoms with Gasteiger partial charge in [-0.05, 0) is 24.6 Å². The van der Waals surface area contributed by atoms with Gasteiger partial charge in [0.15, 0.2) is 9.84 Å². The van der Waals surface area contributed by atoms with Gasteiger partial charge in [0.1, 0.15) is 0 Å². The summed E-state index contributed by atoms with van der Waals surface area (Å²) in [6.07, 6.45) is 2.46. The molecule has 1 fully saturated rings. The second-order valence-electron chi connectivity index (χ2n) is 4.36. The molecule has 5 heteroatoms. The van der Waals surface area contributed by atoms with E-state index >= 15 is 0 Å². The summed E-state index contributed by atoms with van der Waals surface area (Å²) in [6.45, 7) is 1.73. The molecule has 0 aromatic heterocycles. The number of ether oxygens (including phenoxy) is 1. The predicted octanol–water partition coefficient (Wildman–Crippen LogP) is 1.32. The fourth-order valence-electron chi connectivity index (χ4n) is 2.07. The van der Waals surface area contributed by atoms with E-state index in [9.17, 15) is 8.42 Å². The maximum absolute atomic E-state index is 11.5. The third-order valence-electron chi connectivity index (χ3n) is 3.09. The lowest BCUT2D eigenvalue weighted by Crippen LogP contribution is -2.22. The molecule has 4 nitrogen and oxygen atoms in total. The van der Waals surface area contributed by atoms with E-state index in [-0.39, 0.29) is 6.10 Å². The van der Waals surface area contributed by atoms with Gasteiger partial charge in [0, 0.05) is 32.1 Å². The minimum Gasteiger partial charge on any atom is -0.380 e. The van der Waals surface area contributed by atoms with Gasteiger partial charge in [-0.2, -0.15) is 0 Å². The van der Waals surface area contributed by atoms with Crippen LogP contribution in [0, 0.1) is 0 Å². The number of anilines is 1. The molecule has 2 rings (SSSR count). The summed E-state index contributed by atoms with van der Waals surface area (Å²) in [4.78, 5) is 2.53. The highest BCUT2D eigenvalue weighted by atomic mass is 32.2. The second-order valence-corrected chi connectivity index (χ2v) is 6.38. The van der Waals surface area contributed by atoms with Crippen LogP contribution in [0.15, 0.2) is 29.2 Å². The van der Waals surface area contributed by atoms with Crippen molar-refractivity contribution in [1.82, 2.24) is 0 Å². The first kappa shape index (κ1) is 12.4. The van der Waals surface area contributed by atoms with Gasteiger partial charge in [-0.25, -0.2) is 8.42 Å². The van der Waals surface area contributed by atoms with E-state index in [1.165, 1.54) is 6.26 Å². The van der Waals surface area contributed by atoms with Gasteiger partial charge in [0.25, 0.3) is 0 Å². The molecule has 1 aliphatic rings. The normalized spacial score (nSPS) is 20.8. The van der Waals surface area contributed by atoms with Crippen molar-refractivity contribution in [2.45, 2.75) is 17.4 Å². The van der Waals surface area contributed by atoms with Gasteiger partial charge in [-0.1, -0.05) is 6.07 Å². The SMILES string of the molecule is COC1CCN(c2cccc(S(C)(=O)=O)c2)C1. The largest absolute Gasteiger partial charge is 0.380 e. The zero-order valence-corrected chi connectivity index (χ0v) is 10.9. The van der Waals surface area contributed by atoms with Gasteiger partial charge in [0.05, 0.1) is 11.0 Å². The Hall–Kier alpha value is -1.07. The smallest absolute Gasteiger partial charge is 0.175 e. The Morgan fingerprint density at radius 2 is 2.18 bits per heavy atom. The number of methoxy groups -OCH3 is 1. The molecular formula is C12H17NO3S. The van der Waals surface area contributed by atoms with Crippen molar-refractivity contribution in [3.63, 3.8) is 0 Å². The van der Waals surface area contributed by atoms with Crippen LogP contribution in [0.3, 0.4) is 0 Å². The molecule has 0 spiro atoms.